The van der Waals surface area contributed by atoms with Gasteiger partial charge in [-0.15, -0.1) is 0 Å². The van der Waals surface area contributed by atoms with Gasteiger partial charge in [-0.25, -0.2) is 9.59 Å². The fraction of sp³-hybridized carbons (Fsp3) is 0.385. The Hall–Kier alpha value is -2.28. The number of cyclic esters (lactones) is 1. The second kappa shape index (κ2) is 5.79. The van der Waals surface area contributed by atoms with Gasteiger partial charge in [0.2, 0.25) is 0 Å². The van der Waals surface area contributed by atoms with Crippen LogP contribution >= 0.6 is 0 Å². The first-order valence-electron chi connectivity index (χ1n) is 5.92. The number of ether oxygens (including phenoxy) is 3. The molecular formula is C13H15NO6. The third kappa shape index (κ3) is 2.67. The van der Waals surface area contributed by atoms with Gasteiger partial charge in [0.25, 0.3) is 0 Å². The molecule has 0 bridgehead atoms. The molecule has 1 aliphatic heterocycles. The van der Waals surface area contributed by atoms with Crippen molar-refractivity contribution in [2.75, 3.05) is 21.0 Å². The predicted octanol–water partition coefficient (Wildman–Crippen LogP) is 1.25. The Balaban J connectivity index is 2.18. The van der Waals surface area contributed by atoms with Gasteiger partial charge in [0, 0.05) is 14.2 Å². The molecule has 2 rings (SSSR count). The van der Waals surface area contributed by atoms with E-state index in [2.05, 4.69) is 0 Å². The van der Waals surface area contributed by atoms with Crippen molar-refractivity contribution < 1.29 is 28.9 Å². The van der Waals surface area contributed by atoms with Crippen molar-refractivity contribution in [1.82, 2.24) is 4.90 Å². The summed E-state index contributed by atoms with van der Waals surface area (Å²) in [6.07, 6.45) is -1.48. The highest BCUT2D eigenvalue weighted by Crippen LogP contribution is 2.32. The Labute approximate surface area is 115 Å². The number of nitrogens with zero attached hydrogens (tertiary/aromatic N) is 1. The lowest BCUT2D eigenvalue weighted by Crippen LogP contribution is -2.37. The molecule has 1 fully saturated rings. The zero-order chi connectivity index (χ0) is 14.7. The third-order valence-corrected chi connectivity index (χ3v) is 3.02. The lowest BCUT2D eigenvalue weighted by molar-refractivity contribution is -0.142. The Bertz CT molecular complexity index is 500. The van der Waals surface area contributed by atoms with E-state index in [1.54, 1.807) is 24.3 Å². The van der Waals surface area contributed by atoms with E-state index in [9.17, 15) is 14.7 Å². The van der Waals surface area contributed by atoms with Crippen molar-refractivity contribution in [3.05, 3.63) is 29.8 Å². The normalized spacial score (nSPS) is 21.7. The highest BCUT2D eigenvalue weighted by Gasteiger charge is 2.45. The van der Waals surface area contributed by atoms with Gasteiger partial charge in [-0.2, -0.15) is 0 Å². The second-order valence-corrected chi connectivity index (χ2v) is 4.32. The van der Waals surface area contributed by atoms with Crippen LogP contribution in [0.15, 0.2) is 24.3 Å². The second-order valence-electron chi connectivity index (χ2n) is 4.32. The zero-order valence-electron chi connectivity index (χ0n) is 11.1. The lowest BCUT2D eigenvalue weighted by atomic mass is 10.0. The van der Waals surface area contributed by atoms with Crippen molar-refractivity contribution in [2.45, 2.75) is 12.1 Å². The molecule has 0 saturated carbocycles. The summed E-state index contributed by atoms with van der Waals surface area (Å²) in [6.45, 7) is 0.123. The Kier molecular flexibility index (Phi) is 4.09. The summed E-state index contributed by atoms with van der Waals surface area (Å²) in [5.41, 5.74) is 0.597. The largest absolute Gasteiger partial charge is 0.480 e. The first-order valence-corrected chi connectivity index (χ1v) is 5.92. The molecule has 0 radical (unpaired) electrons. The Morgan fingerprint density at radius 1 is 1.40 bits per heavy atom. The van der Waals surface area contributed by atoms with Crippen LogP contribution in [0.1, 0.15) is 11.7 Å². The van der Waals surface area contributed by atoms with Crippen LogP contribution in [-0.4, -0.2) is 49.1 Å². The number of rotatable bonds is 5. The molecule has 2 atom stereocenters. The number of carboxylic acid groups (broad SMARTS) is 1. The topological polar surface area (TPSA) is 85.3 Å². The lowest BCUT2D eigenvalue weighted by Gasteiger charge is -2.17. The van der Waals surface area contributed by atoms with Crippen LogP contribution in [0.4, 0.5) is 4.79 Å². The average molecular weight is 281 g/mol. The minimum atomic E-state index is -1.11. The standard InChI is InChI=1S/C13H15NO6/c1-14-10(12(15)16)11(20-13(14)17)8-3-5-9(6-4-8)19-7-18-2/h3-6,10-11H,7H2,1-2H3,(H,15,16)/t10-,11-/m1/s1. The molecule has 1 saturated heterocycles. The van der Waals surface area contributed by atoms with Gasteiger partial charge in [0.15, 0.2) is 18.9 Å². The molecule has 1 N–H and O–H groups in total. The molecule has 108 valence electrons. The van der Waals surface area contributed by atoms with Gasteiger partial charge in [0.1, 0.15) is 5.75 Å². The van der Waals surface area contributed by atoms with E-state index in [4.69, 9.17) is 14.2 Å². The zero-order valence-corrected chi connectivity index (χ0v) is 11.1. The van der Waals surface area contributed by atoms with Crippen molar-refractivity contribution in [2.24, 2.45) is 0 Å². The van der Waals surface area contributed by atoms with Crippen molar-refractivity contribution in [3.63, 3.8) is 0 Å². The van der Waals surface area contributed by atoms with Crippen molar-refractivity contribution in [1.29, 1.82) is 0 Å². The number of likely N-dealkylation sites (N-methyl/N-ethyl adjacent to an activating group) is 1. The summed E-state index contributed by atoms with van der Waals surface area (Å²) in [5, 5.41) is 9.19. The molecule has 20 heavy (non-hydrogen) atoms. The number of aliphatic carboxylic acids is 1. The smallest absolute Gasteiger partial charge is 0.411 e. The predicted molar refractivity (Wildman–Crippen MR) is 67.4 cm³/mol. The highest BCUT2D eigenvalue weighted by atomic mass is 16.7. The number of carbonyl (C=O) groups is 2. The maximum atomic E-state index is 11.5. The number of carboxylic acids is 1. The maximum absolute atomic E-state index is 11.5. The first-order chi connectivity index (χ1) is 9.54. The molecule has 7 nitrogen and oxygen atoms in total. The monoisotopic (exact) mass is 281 g/mol. The summed E-state index contributed by atoms with van der Waals surface area (Å²) >= 11 is 0. The number of benzene rings is 1. The Morgan fingerprint density at radius 2 is 2.05 bits per heavy atom. The number of carbonyl (C=O) groups excluding carboxylic acids is 1. The van der Waals surface area contributed by atoms with Crippen molar-refractivity contribution >= 4 is 12.1 Å². The summed E-state index contributed by atoms with van der Waals surface area (Å²) in [4.78, 5) is 23.8. The number of hydrogen-bond acceptors (Lipinski definition) is 5. The number of hydrogen-bond donors (Lipinski definition) is 1. The molecule has 0 spiro atoms. The van der Waals surface area contributed by atoms with Crippen LogP contribution in [0, 0.1) is 0 Å². The van der Waals surface area contributed by atoms with E-state index < -0.39 is 24.2 Å². The molecule has 1 amide bonds. The molecule has 1 aromatic rings. The van der Waals surface area contributed by atoms with Crippen LogP contribution in [0.2, 0.25) is 0 Å². The SMILES string of the molecule is COCOc1ccc([C@H]2OC(=O)N(C)[C@H]2C(=O)O)cc1. The summed E-state index contributed by atoms with van der Waals surface area (Å²) in [6, 6.07) is 5.63. The number of amides is 1. The number of methoxy groups -OCH3 is 1. The average Bonchev–Trinajstić information content (AvgIpc) is 2.73. The maximum Gasteiger partial charge on any atom is 0.411 e. The van der Waals surface area contributed by atoms with Gasteiger partial charge < -0.3 is 19.3 Å². The van der Waals surface area contributed by atoms with E-state index in [0.717, 1.165) is 4.90 Å². The van der Waals surface area contributed by atoms with Gasteiger partial charge in [-0.3, -0.25) is 4.90 Å². The van der Waals surface area contributed by atoms with Crippen LogP contribution in [0.5, 0.6) is 5.75 Å². The summed E-state index contributed by atoms with van der Waals surface area (Å²) < 4.78 is 15.1. The summed E-state index contributed by atoms with van der Waals surface area (Å²) in [7, 11) is 2.91. The molecule has 0 aromatic heterocycles. The van der Waals surface area contributed by atoms with E-state index in [1.807, 2.05) is 0 Å². The van der Waals surface area contributed by atoms with Crippen LogP contribution in [0.25, 0.3) is 0 Å². The molecule has 1 aliphatic rings. The summed E-state index contributed by atoms with van der Waals surface area (Å²) in [5.74, 6) is -0.525. The molecule has 0 unspecified atom stereocenters. The van der Waals surface area contributed by atoms with E-state index >= 15 is 0 Å². The minimum Gasteiger partial charge on any atom is -0.480 e. The molecule has 1 heterocycles. The highest BCUT2D eigenvalue weighted by molar-refractivity contribution is 5.84. The fourth-order valence-electron chi connectivity index (χ4n) is 2.00. The van der Waals surface area contributed by atoms with Crippen LogP contribution < -0.4 is 4.74 Å². The molecule has 7 heteroatoms. The molecule has 0 aliphatic carbocycles. The van der Waals surface area contributed by atoms with Gasteiger partial charge in [-0.05, 0) is 17.7 Å². The third-order valence-electron chi connectivity index (χ3n) is 3.02. The van der Waals surface area contributed by atoms with E-state index in [-0.39, 0.29) is 6.79 Å². The molecular weight excluding hydrogens is 266 g/mol. The molecule has 1 aromatic carbocycles. The van der Waals surface area contributed by atoms with Gasteiger partial charge >= 0.3 is 12.1 Å². The van der Waals surface area contributed by atoms with Crippen LogP contribution in [-0.2, 0) is 14.3 Å². The van der Waals surface area contributed by atoms with Gasteiger partial charge in [-0.1, -0.05) is 12.1 Å². The quantitative estimate of drug-likeness (QED) is 0.817. The fourth-order valence-corrected chi connectivity index (χ4v) is 2.00. The van der Waals surface area contributed by atoms with Gasteiger partial charge in [0.05, 0.1) is 0 Å². The Morgan fingerprint density at radius 3 is 2.60 bits per heavy atom. The van der Waals surface area contributed by atoms with Crippen LogP contribution in [0.3, 0.4) is 0 Å². The van der Waals surface area contributed by atoms with Crippen molar-refractivity contribution in [3.8, 4) is 5.75 Å². The minimum absolute atomic E-state index is 0.123. The van der Waals surface area contributed by atoms with E-state index in [0.29, 0.717) is 11.3 Å². The first kappa shape index (κ1) is 14.1. The van der Waals surface area contributed by atoms with E-state index in [1.165, 1.54) is 14.2 Å².